The maximum atomic E-state index is 13.2. The average Bonchev–Trinajstić information content (AvgIpc) is 3.16. The van der Waals surface area contributed by atoms with Gasteiger partial charge >= 0.3 is 0 Å². The number of amides is 2. The monoisotopic (exact) mass is 420 g/mol. The number of nitrogens with one attached hydrogen (secondary N) is 1. The lowest BCUT2D eigenvalue weighted by molar-refractivity contribution is 0.0994. The number of imidazole rings is 1. The third-order valence-electron chi connectivity index (χ3n) is 5.24. The van der Waals surface area contributed by atoms with Crippen molar-refractivity contribution < 1.29 is 18.5 Å². The van der Waals surface area contributed by atoms with E-state index in [9.17, 15) is 14.0 Å². The molecule has 3 aromatic heterocycles. The van der Waals surface area contributed by atoms with Crippen molar-refractivity contribution in [2.45, 2.75) is 25.4 Å². The van der Waals surface area contributed by atoms with Crippen LogP contribution in [-0.4, -0.2) is 37.5 Å². The molecule has 0 saturated heterocycles. The van der Waals surface area contributed by atoms with Gasteiger partial charge in [0.2, 0.25) is 17.6 Å². The number of nitrogens with two attached hydrogens (primary N) is 1. The molecule has 31 heavy (non-hydrogen) atoms. The van der Waals surface area contributed by atoms with E-state index in [4.69, 9.17) is 10.3 Å². The molecule has 3 N–H and O–H groups in total. The first-order valence-electron chi connectivity index (χ1n) is 9.57. The van der Waals surface area contributed by atoms with E-state index in [1.807, 2.05) is 13.0 Å². The summed E-state index contributed by atoms with van der Waals surface area (Å²) in [7, 11) is 0. The number of alkyl halides is 1. The summed E-state index contributed by atoms with van der Waals surface area (Å²) in [6, 6.07) is 8.49. The fourth-order valence-corrected chi connectivity index (χ4v) is 3.30. The minimum absolute atomic E-state index is 0.243. The lowest BCUT2D eigenvalue weighted by atomic mass is 10.1. The number of anilines is 1. The predicted molar refractivity (Wildman–Crippen MR) is 108 cm³/mol. The smallest absolute Gasteiger partial charge is 0.274 e. The van der Waals surface area contributed by atoms with E-state index in [2.05, 4.69) is 20.4 Å². The van der Waals surface area contributed by atoms with E-state index in [1.165, 1.54) is 16.8 Å². The fourth-order valence-electron chi connectivity index (χ4n) is 3.30. The summed E-state index contributed by atoms with van der Waals surface area (Å²) < 4.78 is 19.9. The van der Waals surface area contributed by atoms with Gasteiger partial charge in [-0.1, -0.05) is 17.3 Å². The van der Waals surface area contributed by atoms with Crippen LogP contribution >= 0.6 is 0 Å². The normalized spacial score (nSPS) is 17.6. The Kier molecular flexibility index (Phi) is 4.28. The molecule has 3 heterocycles. The predicted octanol–water partition coefficient (Wildman–Crippen LogP) is 2.87. The van der Waals surface area contributed by atoms with Crippen molar-refractivity contribution >= 4 is 23.1 Å². The molecule has 0 aliphatic heterocycles. The average molecular weight is 420 g/mol. The zero-order valence-electron chi connectivity index (χ0n) is 16.4. The molecule has 1 aliphatic carbocycles. The van der Waals surface area contributed by atoms with Gasteiger partial charge < -0.3 is 15.6 Å². The zero-order chi connectivity index (χ0) is 21.7. The maximum Gasteiger partial charge on any atom is 0.274 e. The summed E-state index contributed by atoms with van der Waals surface area (Å²) in [5, 5.41) is 6.78. The summed E-state index contributed by atoms with van der Waals surface area (Å²) in [6.45, 7) is 1.85. The van der Waals surface area contributed by atoms with E-state index in [0.717, 1.165) is 5.56 Å². The summed E-state index contributed by atoms with van der Waals surface area (Å²) in [6.07, 6.45) is 2.36. The third-order valence-corrected chi connectivity index (χ3v) is 5.24. The fraction of sp³-hybridized carbons (Fsp3) is 0.190. The molecule has 1 fully saturated rings. The van der Waals surface area contributed by atoms with Crippen LogP contribution in [-0.2, 0) is 0 Å². The Morgan fingerprint density at radius 3 is 2.84 bits per heavy atom. The Morgan fingerprint density at radius 1 is 1.29 bits per heavy atom. The van der Waals surface area contributed by atoms with Gasteiger partial charge in [-0.15, -0.1) is 0 Å². The molecule has 4 aromatic rings. The number of rotatable bonds is 5. The van der Waals surface area contributed by atoms with E-state index in [0.29, 0.717) is 29.1 Å². The number of nitrogens with zero attached hydrogens (tertiary/aromatic N) is 4. The van der Waals surface area contributed by atoms with Crippen LogP contribution in [0.1, 0.15) is 44.6 Å². The van der Waals surface area contributed by atoms with Crippen molar-refractivity contribution in [3.05, 3.63) is 65.4 Å². The molecule has 5 rings (SSSR count). The Bertz CT molecular complexity index is 1340. The summed E-state index contributed by atoms with van der Waals surface area (Å²) in [5.41, 5.74) is 8.33. The molecule has 156 valence electrons. The highest BCUT2D eigenvalue weighted by atomic mass is 19.1. The maximum absolute atomic E-state index is 13.2. The number of pyridine rings is 1. The number of aromatic nitrogens is 4. The van der Waals surface area contributed by atoms with E-state index in [1.54, 1.807) is 24.3 Å². The molecule has 0 unspecified atom stereocenters. The third kappa shape index (κ3) is 3.41. The zero-order valence-corrected chi connectivity index (χ0v) is 16.4. The second kappa shape index (κ2) is 7.01. The van der Waals surface area contributed by atoms with Crippen molar-refractivity contribution in [3.8, 4) is 11.4 Å². The quantitative estimate of drug-likeness (QED) is 0.511. The van der Waals surface area contributed by atoms with Crippen LogP contribution in [0.4, 0.5) is 10.1 Å². The molecule has 0 bridgehead atoms. The molecule has 2 atom stereocenters. The first-order valence-corrected chi connectivity index (χ1v) is 9.57. The van der Waals surface area contributed by atoms with Gasteiger partial charge in [-0.2, -0.15) is 4.98 Å². The van der Waals surface area contributed by atoms with Gasteiger partial charge in [-0.3, -0.25) is 14.0 Å². The Balaban J connectivity index is 1.43. The van der Waals surface area contributed by atoms with E-state index < -0.39 is 18.0 Å². The number of halogens is 1. The number of hydrogen-bond donors (Lipinski definition) is 2. The largest absolute Gasteiger partial charge is 0.366 e. The number of fused-ring (bicyclic) bond motifs is 1. The van der Waals surface area contributed by atoms with Gasteiger partial charge in [-0.25, -0.2) is 9.37 Å². The summed E-state index contributed by atoms with van der Waals surface area (Å²) in [5.74, 6) is -0.738. The minimum atomic E-state index is -0.929. The second-order valence-electron chi connectivity index (χ2n) is 7.45. The van der Waals surface area contributed by atoms with Gasteiger partial charge in [0.05, 0.1) is 17.7 Å². The Hall–Kier alpha value is -4.08. The summed E-state index contributed by atoms with van der Waals surface area (Å²) in [4.78, 5) is 32.9. The molecule has 10 heteroatoms. The number of aryl methyl sites for hydroxylation is 1. The topological polar surface area (TPSA) is 128 Å². The molecule has 2 amide bonds. The van der Waals surface area contributed by atoms with Crippen molar-refractivity contribution in [1.82, 2.24) is 19.5 Å². The lowest BCUT2D eigenvalue weighted by Gasteiger charge is -2.10. The molecule has 1 saturated carbocycles. The van der Waals surface area contributed by atoms with Gasteiger partial charge in [0, 0.05) is 17.4 Å². The number of hydrogen-bond acceptors (Lipinski definition) is 6. The first kappa shape index (κ1) is 18.9. The highest BCUT2D eigenvalue weighted by Crippen LogP contribution is 2.43. The minimum Gasteiger partial charge on any atom is -0.366 e. The van der Waals surface area contributed by atoms with Gasteiger partial charge in [0.15, 0.2) is 0 Å². The first-order chi connectivity index (χ1) is 14.9. The van der Waals surface area contributed by atoms with Crippen molar-refractivity contribution in [2.75, 3.05) is 5.32 Å². The van der Waals surface area contributed by atoms with E-state index >= 15 is 0 Å². The number of benzene rings is 1. The van der Waals surface area contributed by atoms with Crippen LogP contribution in [0.2, 0.25) is 0 Å². The van der Waals surface area contributed by atoms with Crippen LogP contribution < -0.4 is 11.1 Å². The number of carbonyl (C=O) groups excluding carboxylic acids is 2. The van der Waals surface area contributed by atoms with Gasteiger partial charge in [0.25, 0.3) is 5.91 Å². The number of primary amides is 1. The molecule has 1 aliphatic rings. The highest BCUT2D eigenvalue weighted by molar-refractivity contribution is 6.04. The Labute approximate surface area is 175 Å². The van der Waals surface area contributed by atoms with E-state index in [-0.39, 0.29) is 23.1 Å². The van der Waals surface area contributed by atoms with Gasteiger partial charge in [0.1, 0.15) is 17.5 Å². The van der Waals surface area contributed by atoms with Crippen LogP contribution in [0.5, 0.6) is 0 Å². The molecule has 0 radical (unpaired) electrons. The van der Waals surface area contributed by atoms with Crippen LogP contribution in [0, 0.1) is 6.92 Å². The standard InChI is InChI=1S/C21H17FN6O3/c1-10-2-3-11(19-26-21(31-27-19)13-7-14(13)22)6-15(10)25-20(30)16-8-24-17-5-4-12(18(23)29)9-28(16)17/h2-6,8-9,13-14H,7H2,1H3,(H2,23,29)(H,25,30)/t13-,14-/m0/s1. The van der Waals surface area contributed by atoms with Crippen molar-refractivity contribution in [1.29, 1.82) is 0 Å². The molecule has 9 nitrogen and oxygen atoms in total. The van der Waals surface area contributed by atoms with Crippen LogP contribution in [0.25, 0.3) is 17.0 Å². The van der Waals surface area contributed by atoms with Crippen LogP contribution in [0.3, 0.4) is 0 Å². The van der Waals surface area contributed by atoms with Crippen LogP contribution in [0.15, 0.2) is 47.2 Å². The van der Waals surface area contributed by atoms with Gasteiger partial charge in [-0.05, 0) is 37.1 Å². The molecule has 0 spiro atoms. The second-order valence-corrected chi connectivity index (χ2v) is 7.45. The summed E-state index contributed by atoms with van der Waals surface area (Å²) >= 11 is 0. The highest BCUT2D eigenvalue weighted by Gasteiger charge is 2.43. The van der Waals surface area contributed by atoms with Crippen molar-refractivity contribution in [3.63, 3.8) is 0 Å². The SMILES string of the molecule is Cc1ccc(-c2noc([C@H]3C[C@@H]3F)n2)cc1NC(=O)c1cnc2ccc(C(N)=O)cn12. The molecule has 1 aromatic carbocycles. The molecular weight excluding hydrogens is 403 g/mol. The lowest BCUT2D eigenvalue weighted by Crippen LogP contribution is -2.16. The van der Waals surface area contributed by atoms with Crippen molar-refractivity contribution in [2.24, 2.45) is 5.73 Å². The number of carbonyl (C=O) groups is 2. The molecular formula is C21H17FN6O3. The Morgan fingerprint density at radius 2 is 2.10 bits per heavy atom.